The number of rotatable bonds is 7. The maximum Gasteiger partial charge on any atom is 0.129 e. The molecule has 4 heteroatoms. The SMILES string of the molecule is CCCCCCCC(N)c1cc(Cl)c(Br)cc1F. The Labute approximate surface area is 122 Å². The van der Waals surface area contributed by atoms with E-state index in [1.807, 2.05) is 0 Å². The summed E-state index contributed by atoms with van der Waals surface area (Å²) in [5, 5.41) is 0.507. The van der Waals surface area contributed by atoms with Crippen molar-refractivity contribution in [1.82, 2.24) is 0 Å². The van der Waals surface area contributed by atoms with Crippen LogP contribution in [0.2, 0.25) is 5.02 Å². The summed E-state index contributed by atoms with van der Waals surface area (Å²) in [5.74, 6) is -0.285. The molecule has 1 rings (SSSR count). The Hall–Kier alpha value is -0.120. The molecule has 0 radical (unpaired) electrons. The van der Waals surface area contributed by atoms with Gasteiger partial charge >= 0.3 is 0 Å². The van der Waals surface area contributed by atoms with Gasteiger partial charge < -0.3 is 5.73 Å². The lowest BCUT2D eigenvalue weighted by molar-refractivity contribution is 0.527. The third-order valence-electron chi connectivity index (χ3n) is 3.06. The first-order valence-corrected chi connectivity index (χ1v) is 7.63. The fourth-order valence-electron chi connectivity index (χ4n) is 1.95. The van der Waals surface area contributed by atoms with E-state index in [9.17, 15) is 4.39 Å². The van der Waals surface area contributed by atoms with Crippen molar-refractivity contribution in [2.75, 3.05) is 0 Å². The topological polar surface area (TPSA) is 26.0 Å². The molecule has 1 atom stereocenters. The molecule has 0 spiro atoms. The van der Waals surface area contributed by atoms with Crippen LogP contribution in [0.5, 0.6) is 0 Å². The molecule has 0 fully saturated rings. The van der Waals surface area contributed by atoms with Crippen molar-refractivity contribution in [3.05, 3.63) is 33.0 Å². The molecule has 0 aliphatic rings. The van der Waals surface area contributed by atoms with Crippen LogP contribution in [0, 0.1) is 5.82 Å². The van der Waals surface area contributed by atoms with Crippen LogP contribution in [0.3, 0.4) is 0 Å². The van der Waals surface area contributed by atoms with E-state index in [1.54, 1.807) is 6.07 Å². The Morgan fingerprint density at radius 3 is 2.61 bits per heavy atom. The number of hydrogen-bond donors (Lipinski definition) is 1. The average molecular weight is 337 g/mol. The summed E-state index contributed by atoms with van der Waals surface area (Å²) in [5.41, 5.74) is 6.53. The summed E-state index contributed by atoms with van der Waals surface area (Å²) in [6.45, 7) is 2.19. The van der Waals surface area contributed by atoms with E-state index in [0.717, 1.165) is 19.3 Å². The molecule has 0 heterocycles. The van der Waals surface area contributed by atoms with Crippen molar-refractivity contribution >= 4 is 27.5 Å². The van der Waals surface area contributed by atoms with Crippen LogP contribution < -0.4 is 5.73 Å². The maximum absolute atomic E-state index is 13.7. The van der Waals surface area contributed by atoms with E-state index in [0.29, 0.717) is 15.1 Å². The van der Waals surface area contributed by atoms with Crippen molar-refractivity contribution in [1.29, 1.82) is 0 Å². The Balaban J connectivity index is 2.51. The van der Waals surface area contributed by atoms with Gasteiger partial charge in [0.15, 0.2) is 0 Å². The molecule has 1 unspecified atom stereocenters. The second-order valence-electron chi connectivity index (χ2n) is 4.60. The van der Waals surface area contributed by atoms with Crippen molar-refractivity contribution < 1.29 is 4.39 Å². The smallest absolute Gasteiger partial charge is 0.129 e. The monoisotopic (exact) mass is 335 g/mol. The van der Waals surface area contributed by atoms with Crippen LogP contribution in [0.4, 0.5) is 4.39 Å². The van der Waals surface area contributed by atoms with Crippen LogP contribution in [-0.2, 0) is 0 Å². The second kappa shape index (κ2) is 8.13. The molecule has 1 aromatic rings. The van der Waals surface area contributed by atoms with Crippen molar-refractivity contribution in [3.8, 4) is 0 Å². The summed E-state index contributed by atoms with van der Waals surface area (Å²) in [4.78, 5) is 0. The standard InChI is InChI=1S/C14H20BrClFN/c1-2-3-4-5-6-7-14(18)10-8-12(16)11(15)9-13(10)17/h8-9,14H,2-7,18H2,1H3. The zero-order chi connectivity index (χ0) is 13.5. The Morgan fingerprint density at radius 1 is 1.28 bits per heavy atom. The van der Waals surface area contributed by atoms with Gasteiger partial charge in [0.25, 0.3) is 0 Å². The largest absolute Gasteiger partial charge is 0.324 e. The normalized spacial score (nSPS) is 12.7. The van der Waals surface area contributed by atoms with Gasteiger partial charge in [0.2, 0.25) is 0 Å². The van der Waals surface area contributed by atoms with Gasteiger partial charge in [-0.3, -0.25) is 0 Å². The molecule has 102 valence electrons. The molecule has 18 heavy (non-hydrogen) atoms. The van der Waals surface area contributed by atoms with Gasteiger partial charge in [-0.25, -0.2) is 4.39 Å². The van der Waals surface area contributed by atoms with Gasteiger partial charge in [-0.15, -0.1) is 0 Å². The Bertz CT molecular complexity index is 384. The highest BCUT2D eigenvalue weighted by Crippen LogP contribution is 2.29. The van der Waals surface area contributed by atoms with Gasteiger partial charge in [0, 0.05) is 16.1 Å². The predicted molar refractivity (Wildman–Crippen MR) is 79.4 cm³/mol. The minimum Gasteiger partial charge on any atom is -0.324 e. The minimum atomic E-state index is -0.285. The van der Waals surface area contributed by atoms with E-state index < -0.39 is 0 Å². The van der Waals surface area contributed by atoms with Gasteiger partial charge in [-0.1, -0.05) is 50.6 Å². The van der Waals surface area contributed by atoms with Gasteiger partial charge in [-0.2, -0.15) is 0 Å². The van der Waals surface area contributed by atoms with E-state index in [-0.39, 0.29) is 11.9 Å². The number of benzene rings is 1. The molecule has 0 saturated heterocycles. The molecule has 0 aliphatic heterocycles. The number of hydrogen-bond acceptors (Lipinski definition) is 1. The molecule has 2 N–H and O–H groups in total. The maximum atomic E-state index is 13.7. The quantitative estimate of drug-likeness (QED) is 0.509. The number of unbranched alkanes of at least 4 members (excludes halogenated alkanes) is 4. The predicted octanol–water partition coefficient (Wildman–Crippen LogP) is 5.60. The van der Waals surface area contributed by atoms with E-state index in [2.05, 4.69) is 22.9 Å². The van der Waals surface area contributed by atoms with Crippen molar-refractivity contribution in [3.63, 3.8) is 0 Å². The fourth-order valence-corrected chi connectivity index (χ4v) is 2.43. The van der Waals surface area contributed by atoms with E-state index in [1.165, 1.54) is 25.3 Å². The van der Waals surface area contributed by atoms with Crippen LogP contribution >= 0.6 is 27.5 Å². The highest BCUT2D eigenvalue weighted by molar-refractivity contribution is 9.10. The molecular weight excluding hydrogens is 317 g/mol. The minimum absolute atomic E-state index is 0.266. The highest BCUT2D eigenvalue weighted by atomic mass is 79.9. The van der Waals surface area contributed by atoms with Crippen molar-refractivity contribution in [2.45, 2.75) is 51.5 Å². The lowest BCUT2D eigenvalue weighted by Crippen LogP contribution is -2.12. The second-order valence-corrected chi connectivity index (χ2v) is 5.86. The highest BCUT2D eigenvalue weighted by Gasteiger charge is 2.13. The molecular formula is C14H20BrClFN. The number of nitrogens with two attached hydrogens (primary N) is 1. The first-order valence-electron chi connectivity index (χ1n) is 6.46. The van der Waals surface area contributed by atoms with Gasteiger partial charge in [-0.05, 0) is 34.5 Å². The average Bonchev–Trinajstić information content (AvgIpc) is 2.33. The summed E-state index contributed by atoms with van der Waals surface area (Å²) in [6, 6.07) is 2.74. The first-order chi connectivity index (χ1) is 8.56. The zero-order valence-electron chi connectivity index (χ0n) is 10.7. The molecule has 1 aromatic carbocycles. The van der Waals surface area contributed by atoms with Gasteiger partial charge in [0.05, 0.1) is 5.02 Å². The van der Waals surface area contributed by atoms with Crippen LogP contribution in [0.25, 0.3) is 0 Å². The third kappa shape index (κ3) is 4.87. The summed E-state index contributed by atoms with van der Waals surface area (Å²) in [7, 11) is 0. The Morgan fingerprint density at radius 2 is 1.94 bits per heavy atom. The van der Waals surface area contributed by atoms with Gasteiger partial charge in [0.1, 0.15) is 5.82 Å². The number of halogens is 3. The summed E-state index contributed by atoms with van der Waals surface area (Å²) >= 11 is 9.16. The molecule has 0 aliphatic carbocycles. The van der Waals surface area contributed by atoms with Crippen molar-refractivity contribution in [2.24, 2.45) is 5.73 Å². The molecule has 0 bridgehead atoms. The first kappa shape index (κ1) is 15.9. The zero-order valence-corrected chi connectivity index (χ0v) is 13.0. The lowest BCUT2D eigenvalue weighted by atomic mass is 10.00. The molecule has 1 nitrogen and oxygen atoms in total. The summed E-state index contributed by atoms with van der Waals surface area (Å²) < 4.78 is 14.3. The van der Waals surface area contributed by atoms with Crippen LogP contribution in [0.1, 0.15) is 57.1 Å². The van der Waals surface area contributed by atoms with E-state index >= 15 is 0 Å². The molecule has 0 amide bonds. The Kier molecular flexibility index (Phi) is 7.20. The summed E-state index contributed by atoms with van der Waals surface area (Å²) in [6.07, 6.45) is 6.71. The lowest BCUT2D eigenvalue weighted by Gasteiger charge is -2.14. The molecule has 0 saturated carbocycles. The molecule has 0 aromatic heterocycles. The fraction of sp³-hybridized carbons (Fsp3) is 0.571. The van der Waals surface area contributed by atoms with E-state index in [4.69, 9.17) is 17.3 Å². The van der Waals surface area contributed by atoms with Crippen LogP contribution in [-0.4, -0.2) is 0 Å². The third-order valence-corrected chi connectivity index (χ3v) is 4.25. The van der Waals surface area contributed by atoms with Crippen LogP contribution in [0.15, 0.2) is 16.6 Å².